The molecular weight excluding hydrogens is 659 g/mol. The second-order valence-corrected chi connectivity index (χ2v) is 16.3. The van der Waals surface area contributed by atoms with Gasteiger partial charge in [-0.15, -0.1) is 22.8 Å². The molecule has 4 nitrogen and oxygen atoms in total. The first kappa shape index (κ1) is 34.8. The molecule has 0 aliphatic heterocycles. The van der Waals surface area contributed by atoms with Crippen LogP contribution in [0.3, 0.4) is 0 Å². The maximum Gasteiger partial charge on any atom is 0.0840 e. The number of aryl methyl sites for hydroxylation is 3. The number of rotatable bonds is 13. The zero-order chi connectivity index (χ0) is 32.2. The Morgan fingerprint density at radius 2 is 0.822 bits per heavy atom. The van der Waals surface area contributed by atoms with Gasteiger partial charge in [0.1, 0.15) is 0 Å². The van der Waals surface area contributed by atoms with Crippen molar-refractivity contribution >= 4 is 21.1 Å². The minimum absolute atomic E-state index is 0.149. The van der Waals surface area contributed by atoms with Gasteiger partial charge in [0.25, 0.3) is 0 Å². The van der Waals surface area contributed by atoms with Crippen molar-refractivity contribution in [3.05, 3.63) is 153 Å². The summed E-state index contributed by atoms with van der Waals surface area (Å²) in [5, 5.41) is 21.9. The minimum atomic E-state index is -0.801. The van der Waals surface area contributed by atoms with E-state index in [1.807, 2.05) is 86.6 Å². The SMILES string of the molecule is CCC[CH2][Sn+2][CH2]CCC.Cc1ccc(C(O)c2ccc(C(c3ccc(C)cc3)c3ccc(C(O)c4ccc(C)cc4)[n-]3)[n-]2)cc1. The molecule has 0 spiro atoms. The Labute approximate surface area is 280 Å². The first-order chi connectivity index (χ1) is 21.8. The maximum absolute atomic E-state index is 11.0. The normalized spacial score (nSPS) is 13.0. The predicted octanol–water partition coefficient (Wildman–Crippen LogP) is 9.00. The van der Waals surface area contributed by atoms with Crippen LogP contribution in [0.4, 0.5) is 0 Å². The predicted molar refractivity (Wildman–Crippen MR) is 187 cm³/mol. The average Bonchev–Trinajstić information content (AvgIpc) is 3.74. The average molecular weight is 708 g/mol. The Morgan fingerprint density at radius 3 is 1.18 bits per heavy atom. The van der Waals surface area contributed by atoms with Crippen LogP contribution < -0.4 is 9.97 Å². The van der Waals surface area contributed by atoms with E-state index < -0.39 is 12.2 Å². The Kier molecular flexibility index (Phi) is 13.6. The third-order valence-corrected chi connectivity index (χ3v) is 12.2. The van der Waals surface area contributed by atoms with E-state index in [1.165, 1.54) is 31.2 Å². The van der Waals surface area contributed by atoms with E-state index in [4.69, 9.17) is 9.97 Å². The van der Waals surface area contributed by atoms with Crippen LogP contribution in [0.5, 0.6) is 0 Å². The Bertz CT molecular complexity index is 1460. The van der Waals surface area contributed by atoms with Gasteiger partial charge in [-0.05, 0) is 43.4 Å². The van der Waals surface area contributed by atoms with Gasteiger partial charge >= 0.3 is 69.5 Å². The van der Waals surface area contributed by atoms with Gasteiger partial charge in [-0.25, -0.2) is 0 Å². The van der Waals surface area contributed by atoms with Crippen LogP contribution in [-0.4, -0.2) is 31.4 Å². The Morgan fingerprint density at radius 1 is 0.489 bits per heavy atom. The molecule has 0 radical (unpaired) electrons. The molecule has 2 atom stereocenters. The fourth-order valence-electron chi connectivity index (χ4n) is 5.23. The van der Waals surface area contributed by atoms with Crippen molar-refractivity contribution in [3.8, 4) is 0 Å². The molecule has 2 unspecified atom stereocenters. The molecule has 3 aromatic carbocycles. The molecule has 0 bridgehead atoms. The summed E-state index contributed by atoms with van der Waals surface area (Å²) in [6.07, 6.45) is 4.24. The van der Waals surface area contributed by atoms with Gasteiger partial charge in [0.15, 0.2) is 0 Å². The molecule has 0 saturated heterocycles. The number of aliphatic hydroxyl groups excluding tert-OH is 2. The van der Waals surface area contributed by atoms with Crippen LogP contribution in [0.25, 0.3) is 0 Å². The van der Waals surface area contributed by atoms with Crippen molar-refractivity contribution in [2.75, 3.05) is 0 Å². The van der Waals surface area contributed by atoms with Crippen molar-refractivity contribution < 1.29 is 10.2 Å². The molecule has 0 aliphatic carbocycles. The van der Waals surface area contributed by atoms with E-state index >= 15 is 0 Å². The van der Waals surface area contributed by atoms with E-state index in [2.05, 4.69) is 45.0 Å². The standard InChI is InChI=1S/C32H30N2O2.2C4H9.Sn/c1-20-4-10-23(11-5-20)30(26-16-18-28(33-26)31(35)24-12-6-21(2)7-13-24)27-17-19-29(34-27)32(36)25-14-8-22(3)9-15-25;2*1-3-4-2;/h4-19,30-32,35-36H,1-3H3;2*1,3-4H2,2H3;/q-2;;;+2. The summed E-state index contributed by atoms with van der Waals surface area (Å²) in [6.45, 7) is 10.7. The first-order valence-electron chi connectivity index (χ1n) is 16.3. The molecule has 0 aliphatic rings. The summed E-state index contributed by atoms with van der Waals surface area (Å²) in [5.41, 5.74) is 9.00. The summed E-state index contributed by atoms with van der Waals surface area (Å²) in [4.78, 5) is 9.71. The molecule has 0 amide bonds. The Balaban J connectivity index is 0.000000448. The molecule has 0 fully saturated rings. The van der Waals surface area contributed by atoms with E-state index in [-0.39, 0.29) is 27.1 Å². The fraction of sp³-hybridized carbons (Fsp3) is 0.350. The summed E-state index contributed by atoms with van der Waals surface area (Å²) < 4.78 is 3.25. The van der Waals surface area contributed by atoms with Gasteiger partial charge < -0.3 is 20.2 Å². The number of hydrogen-bond donors (Lipinski definition) is 2. The number of benzene rings is 3. The molecule has 2 N–H and O–H groups in total. The van der Waals surface area contributed by atoms with Gasteiger partial charge in [0.05, 0.1) is 12.2 Å². The molecule has 2 heterocycles. The molecular formula is C40H48N2O2Sn. The summed E-state index contributed by atoms with van der Waals surface area (Å²) in [6, 6.07) is 31.7. The van der Waals surface area contributed by atoms with Crippen LogP contribution in [0.15, 0.2) is 97.1 Å². The molecule has 0 saturated carbocycles. The number of aliphatic hydroxyl groups is 2. The van der Waals surface area contributed by atoms with E-state index in [0.717, 1.165) is 39.2 Å². The summed E-state index contributed by atoms with van der Waals surface area (Å²) in [7, 11) is 0. The number of nitrogens with zero attached hydrogens (tertiary/aromatic N) is 2. The Hall–Kier alpha value is -3.06. The van der Waals surface area contributed by atoms with E-state index in [1.54, 1.807) is 8.87 Å². The van der Waals surface area contributed by atoms with Gasteiger partial charge in [-0.3, -0.25) is 0 Å². The molecule has 2 aromatic heterocycles. The largest absolute Gasteiger partial charge is 0.662 e. The maximum atomic E-state index is 11.0. The van der Waals surface area contributed by atoms with Crippen LogP contribution in [-0.2, 0) is 0 Å². The number of unbranched alkanes of at least 4 members (excludes halogenated alkanes) is 2. The van der Waals surface area contributed by atoms with Crippen molar-refractivity contribution in [2.45, 2.75) is 87.3 Å². The van der Waals surface area contributed by atoms with E-state index in [0.29, 0.717) is 11.4 Å². The number of hydrogen-bond acceptors (Lipinski definition) is 2. The molecule has 5 heteroatoms. The topological polar surface area (TPSA) is 68.7 Å². The fourth-order valence-corrected chi connectivity index (χ4v) is 9.39. The van der Waals surface area contributed by atoms with Crippen LogP contribution in [0.1, 0.15) is 114 Å². The second kappa shape index (κ2) is 17.6. The second-order valence-electron chi connectivity index (χ2n) is 12.0. The van der Waals surface area contributed by atoms with Crippen LogP contribution >= 0.6 is 0 Å². The molecule has 5 rings (SSSR count). The van der Waals surface area contributed by atoms with E-state index in [9.17, 15) is 10.2 Å². The third kappa shape index (κ3) is 9.96. The summed E-state index contributed by atoms with van der Waals surface area (Å²) >= 11 is 0.149. The smallest absolute Gasteiger partial charge is 0.0840 e. The molecule has 45 heavy (non-hydrogen) atoms. The first-order valence-corrected chi connectivity index (χ1v) is 20.4. The molecule has 234 valence electrons. The monoisotopic (exact) mass is 708 g/mol. The van der Waals surface area contributed by atoms with Gasteiger partial charge in [-0.2, -0.15) is 0 Å². The van der Waals surface area contributed by atoms with Gasteiger partial charge in [-0.1, -0.05) is 114 Å². The van der Waals surface area contributed by atoms with Crippen molar-refractivity contribution in [1.82, 2.24) is 9.97 Å². The zero-order valence-electron chi connectivity index (χ0n) is 27.5. The van der Waals surface area contributed by atoms with Crippen molar-refractivity contribution in [1.29, 1.82) is 0 Å². The van der Waals surface area contributed by atoms with Crippen molar-refractivity contribution in [3.63, 3.8) is 0 Å². The quantitative estimate of drug-likeness (QED) is 0.0948. The van der Waals surface area contributed by atoms with Gasteiger partial charge in [0, 0.05) is 0 Å². The van der Waals surface area contributed by atoms with Crippen LogP contribution in [0, 0.1) is 20.8 Å². The van der Waals surface area contributed by atoms with Gasteiger partial charge in [0.2, 0.25) is 0 Å². The number of aromatic nitrogens is 2. The zero-order valence-corrected chi connectivity index (χ0v) is 30.4. The summed E-state index contributed by atoms with van der Waals surface area (Å²) in [5.74, 6) is -0.219. The minimum Gasteiger partial charge on any atom is -0.662 e. The van der Waals surface area contributed by atoms with Crippen LogP contribution in [0.2, 0.25) is 8.87 Å². The third-order valence-electron chi connectivity index (χ3n) is 8.13. The van der Waals surface area contributed by atoms with Crippen molar-refractivity contribution in [2.24, 2.45) is 0 Å². The molecule has 5 aromatic rings.